The Morgan fingerprint density at radius 2 is 1.85 bits per heavy atom. The van der Waals surface area contributed by atoms with Crippen LogP contribution in [0.25, 0.3) is 0 Å². The van der Waals surface area contributed by atoms with Crippen LogP contribution < -0.4 is 0 Å². The first kappa shape index (κ1) is 11.0. The molecule has 1 rings (SSSR count). The smallest absolute Gasteiger partial charge is 0.0568 e. The molecule has 1 aliphatic rings. The normalized spacial score (nSPS) is 29.1. The van der Waals surface area contributed by atoms with Crippen LogP contribution in [-0.4, -0.2) is 11.2 Å². The van der Waals surface area contributed by atoms with Gasteiger partial charge in [-0.25, -0.2) is 0 Å². The fraction of sp³-hybridized carbons (Fsp3) is 1.00. The lowest BCUT2D eigenvalue weighted by Gasteiger charge is -2.27. The highest BCUT2D eigenvalue weighted by Crippen LogP contribution is 2.28. The van der Waals surface area contributed by atoms with Crippen molar-refractivity contribution in [1.82, 2.24) is 0 Å². The van der Waals surface area contributed by atoms with Crippen LogP contribution >= 0.6 is 0 Å². The topological polar surface area (TPSA) is 20.2 Å². The number of hydrogen-bond donors (Lipinski definition) is 1. The lowest BCUT2D eigenvalue weighted by Crippen LogP contribution is -2.24. The first-order valence-electron chi connectivity index (χ1n) is 6.02. The maximum Gasteiger partial charge on any atom is 0.0568 e. The van der Waals surface area contributed by atoms with Gasteiger partial charge in [0.1, 0.15) is 0 Å². The summed E-state index contributed by atoms with van der Waals surface area (Å²) in [5.74, 6) is 0.630. The van der Waals surface area contributed by atoms with Gasteiger partial charge < -0.3 is 5.11 Å². The van der Waals surface area contributed by atoms with E-state index >= 15 is 0 Å². The summed E-state index contributed by atoms with van der Waals surface area (Å²) in [7, 11) is 0. The monoisotopic (exact) mass is 184 g/mol. The van der Waals surface area contributed by atoms with Gasteiger partial charge in [-0.15, -0.1) is 0 Å². The summed E-state index contributed by atoms with van der Waals surface area (Å²) in [6.45, 7) is 2.25. The largest absolute Gasteiger partial charge is 0.393 e. The summed E-state index contributed by atoms with van der Waals surface area (Å²) >= 11 is 0. The van der Waals surface area contributed by atoms with Gasteiger partial charge in [0.05, 0.1) is 6.10 Å². The lowest BCUT2D eigenvalue weighted by molar-refractivity contribution is 0.0639. The van der Waals surface area contributed by atoms with Gasteiger partial charge in [0.25, 0.3) is 0 Å². The van der Waals surface area contributed by atoms with Crippen molar-refractivity contribution < 1.29 is 5.11 Å². The number of rotatable bonds is 5. The van der Waals surface area contributed by atoms with Crippen molar-refractivity contribution in [2.75, 3.05) is 0 Å². The molecule has 2 unspecified atom stereocenters. The van der Waals surface area contributed by atoms with Gasteiger partial charge in [-0.1, -0.05) is 45.4 Å². The van der Waals surface area contributed by atoms with Gasteiger partial charge in [-0.05, 0) is 25.2 Å². The maximum atomic E-state index is 9.73. The molecular weight excluding hydrogens is 160 g/mol. The number of aliphatic hydroxyl groups excluding tert-OH is 1. The van der Waals surface area contributed by atoms with Crippen molar-refractivity contribution in [3.63, 3.8) is 0 Å². The molecule has 1 fully saturated rings. The zero-order chi connectivity index (χ0) is 9.52. The molecule has 0 saturated heterocycles. The van der Waals surface area contributed by atoms with E-state index in [1.54, 1.807) is 0 Å². The Morgan fingerprint density at radius 3 is 2.54 bits per heavy atom. The predicted molar refractivity (Wildman–Crippen MR) is 56.7 cm³/mol. The Bertz CT molecular complexity index is 122. The SMILES string of the molecule is CCCCCCC1CCCCC1O. The number of aliphatic hydroxyl groups is 1. The summed E-state index contributed by atoms with van der Waals surface area (Å²) in [4.78, 5) is 0. The van der Waals surface area contributed by atoms with Crippen molar-refractivity contribution in [2.45, 2.75) is 70.8 Å². The summed E-state index contributed by atoms with van der Waals surface area (Å²) in [5.41, 5.74) is 0. The van der Waals surface area contributed by atoms with E-state index in [-0.39, 0.29) is 6.10 Å². The van der Waals surface area contributed by atoms with Crippen molar-refractivity contribution >= 4 is 0 Å². The van der Waals surface area contributed by atoms with Gasteiger partial charge in [0, 0.05) is 0 Å². The standard InChI is InChI=1S/C12H24O/c1-2-3-4-5-8-11-9-6-7-10-12(11)13/h11-13H,2-10H2,1H3. The quantitative estimate of drug-likeness (QED) is 0.648. The Morgan fingerprint density at radius 1 is 1.08 bits per heavy atom. The average Bonchev–Trinajstić information content (AvgIpc) is 2.15. The fourth-order valence-electron chi connectivity index (χ4n) is 2.36. The fourth-order valence-corrected chi connectivity index (χ4v) is 2.36. The van der Waals surface area contributed by atoms with E-state index in [1.807, 2.05) is 0 Å². The lowest BCUT2D eigenvalue weighted by atomic mass is 9.83. The minimum Gasteiger partial charge on any atom is -0.393 e. The zero-order valence-corrected chi connectivity index (χ0v) is 8.97. The van der Waals surface area contributed by atoms with Crippen molar-refractivity contribution in [3.05, 3.63) is 0 Å². The van der Waals surface area contributed by atoms with Crippen LogP contribution in [0.5, 0.6) is 0 Å². The van der Waals surface area contributed by atoms with E-state index in [1.165, 1.54) is 51.4 Å². The second-order valence-corrected chi connectivity index (χ2v) is 4.46. The minimum absolute atomic E-state index is 0.0235. The van der Waals surface area contributed by atoms with Crippen molar-refractivity contribution in [2.24, 2.45) is 5.92 Å². The third-order valence-corrected chi connectivity index (χ3v) is 3.30. The highest BCUT2D eigenvalue weighted by Gasteiger charge is 2.21. The molecule has 0 heterocycles. The first-order valence-corrected chi connectivity index (χ1v) is 6.02. The van der Waals surface area contributed by atoms with Crippen LogP contribution in [0.4, 0.5) is 0 Å². The molecule has 78 valence electrons. The molecule has 0 aliphatic heterocycles. The highest BCUT2D eigenvalue weighted by molar-refractivity contribution is 4.74. The molecule has 2 atom stereocenters. The Hall–Kier alpha value is -0.0400. The molecule has 1 N–H and O–H groups in total. The minimum atomic E-state index is 0.0235. The average molecular weight is 184 g/mol. The Labute approximate surface area is 82.5 Å². The molecule has 1 nitrogen and oxygen atoms in total. The van der Waals surface area contributed by atoms with Crippen LogP contribution in [0, 0.1) is 5.92 Å². The van der Waals surface area contributed by atoms with Gasteiger partial charge in [-0.3, -0.25) is 0 Å². The van der Waals surface area contributed by atoms with E-state index in [4.69, 9.17) is 0 Å². The molecule has 13 heavy (non-hydrogen) atoms. The molecule has 0 radical (unpaired) electrons. The van der Waals surface area contributed by atoms with Crippen LogP contribution in [-0.2, 0) is 0 Å². The molecule has 0 bridgehead atoms. The summed E-state index contributed by atoms with van der Waals surface area (Å²) in [6, 6.07) is 0. The predicted octanol–water partition coefficient (Wildman–Crippen LogP) is 3.51. The summed E-state index contributed by atoms with van der Waals surface area (Å²) < 4.78 is 0. The maximum absolute atomic E-state index is 9.73. The van der Waals surface area contributed by atoms with Gasteiger partial charge in [-0.2, -0.15) is 0 Å². The summed E-state index contributed by atoms with van der Waals surface area (Å²) in [5, 5.41) is 9.73. The van der Waals surface area contributed by atoms with Gasteiger partial charge >= 0.3 is 0 Å². The van der Waals surface area contributed by atoms with Gasteiger partial charge in [0.15, 0.2) is 0 Å². The van der Waals surface area contributed by atoms with Crippen LogP contribution in [0.3, 0.4) is 0 Å². The van der Waals surface area contributed by atoms with E-state index < -0.39 is 0 Å². The zero-order valence-electron chi connectivity index (χ0n) is 8.97. The van der Waals surface area contributed by atoms with Gasteiger partial charge in [0.2, 0.25) is 0 Å². The molecular formula is C12H24O. The summed E-state index contributed by atoms with van der Waals surface area (Å²) in [6.07, 6.45) is 11.6. The van der Waals surface area contributed by atoms with Crippen LogP contribution in [0.2, 0.25) is 0 Å². The van der Waals surface area contributed by atoms with Crippen LogP contribution in [0.15, 0.2) is 0 Å². The van der Waals surface area contributed by atoms with E-state index in [2.05, 4.69) is 6.92 Å². The van der Waals surface area contributed by atoms with E-state index in [0.717, 1.165) is 6.42 Å². The molecule has 0 aromatic heterocycles. The molecule has 0 amide bonds. The van der Waals surface area contributed by atoms with Crippen molar-refractivity contribution in [1.29, 1.82) is 0 Å². The molecule has 0 aromatic rings. The van der Waals surface area contributed by atoms with Crippen molar-refractivity contribution in [3.8, 4) is 0 Å². The van der Waals surface area contributed by atoms with E-state index in [0.29, 0.717) is 5.92 Å². The third kappa shape index (κ3) is 4.12. The molecule has 1 aliphatic carbocycles. The molecule has 1 heteroatoms. The third-order valence-electron chi connectivity index (χ3n) is 3.30. The number of hydrogen-bond acceptors (Lipinski definition) is 1. The number of unbranched alkanes of at least 4 members (excludes halogenated alkanes) is 3. The Kier molecular flexibility index (Phi) is 5.45. The first-order chi connectivity index (χ1) is 6.34. The second-order valence-electron chi connectivity index (χ2n) is 4.46. The Balaban J connectivity index is 2.05. The van der Waals surface area contributed by atoms with Crippen LogP contribution in [0.1, 0.15) is 64.7 Å². The molecule has 1 saturated carbocycles. The molecule has 0 spiro atoms. The second kappa shape index (κ2) is 6.42. The van der Waals surface area contributed by atoms with E-state index in [9.17, 15) is 5.11 Å². The molecule has 0 aromatic carbocycles. The highest BCUT2D eigenvalue weighted by atomic mass is 16.3.